The average molecular weight is 450 g/mol. The third-order valence-corrected chi connectivity index (χ3v) is 6.02. The van der Waals surface area contributed by atoms with E-state index in [1.165, 1.54) is 0 Å². The van der Waals surface area contributed by atoms with Gasteiger partial charge in [-0.05, 0) is 18.9 Å². The summed E-state index contributed by atoms with van der Waals surface area (Å²) in [5, 5.41) is 40.7. The lowest BCUT2D eigenvalue weighted by atomic mass is 9.84. The van der Waals surface area contributed by atoms with Gasteiger partial charge in [-0.3, -0.25) is 0 Å². The van der Waals surface area contributed by atoms with E-state index >= 15 is 0 Å². The Kier molecular flexibility index (Phi) is 8.23. The third-order valence-electron chi connectivity index (χ3n) is 6.02. The van der Waals surface area contributed by atoms with Crippen molar-refractivity contribution < 1.29 is 39.4 Å². The Morgan fingerprint density at radius 1 is 0.903 bits per heavy atom. The molecule has 1 aliphatic carbocycles. The standard InChI is InChI=1S/C18H35N5O8/c19-4-6-1-2-7(20)17(28-6)30-15-8(21)3-9(22)16(14(15)27)31-18-13(26)11(23)12(25)10(5-24)29-18/h1,7-18,24-27H,2-5,19-23H2/t7-,8+,9-,10+,11-,12+,13+,14+,15-,16+,17-,18+/m1/s1. The number of rotatable bonds is 6. The second kappa shape index (κ2) is 10.3. The minimum Gasteiger partial charge on any atom is -0.467 e. The summed E-state index contributed by atoms with van der Waals surface area (Å²) in [6, 6.07) is -2.97. The van der Waals surface area contributed by atoms with Crippen LogP contribution in [-0.4, -0.2) is 107 Å². The molecule has 13 nitrogen and oxygen atoms in total. The Morgan fingerprint density at radius 2 is 1.52 bits per heavy atom. The zero-order valence-corrected chi connectivity index (χ0v) is 17.1. The van der Waals surface area contributed by atoms with E-state index in [2.05, 4.69) is 0 Å². The maximum atomic E-state index is 11.0. The molecule has 3 aliphatic rings. The van der Waals surface area contributed by atoms with Gasteiger partial charge in [0.15, 0.2) is 6.29 Å². The van der Waals surface area contributed by atoms with Crippen molar-refractivity contribution in [3.63, 3.8) is 0 Å². The van der Waals surface area contributed by atoms with Gasteiger partial charge in [0.1, 0.15) is 42.4 Å². The van der Waals surface area contributed by atoms with Crippen LogP contribution >= 0.6 is 0 Å². The van der Waals surface area contributed by atoms with Gasteiger partial charge in [0, 0.05) is 12.1 Å². The molecule has 31 heavy (non-hydrogen) atoms. The van der Waals surface area contributed by atoms with Gasteiger partial charge in [0.05, 0.1) is 25.2 Å². The van der Waals surface area contributed by atoms with Crippen LogP contribution in [0.5, 0.6) is 0 Å². The van der Waals surface area contributed by atoms with Crippen LogP contribution in [0.15, 0.2) is 11.8 Å². The van der Waals surface area contributed by atoms with Crippen molar-refractivity contribution in [2.24, 2.45) is 28.7 Å². The number of hydrogen-bond acceptors (Lipinski definition) is 13. The van der Waals surface area contributed by atoms with Crippen molar-refractivity contribution in [1.29, 1.82) is 0 Å². The highest BCUT2D eigenvalue weighted by molar-refractivity contribution is 5.04. The highest BCUT2D eigenvalue weighted by Crippen LogP contribution is 2.30. The van der Waals surface area contributed by atoms with Crippen LogP contribution in [0, 0.1) is 0 Å². The summed E-state index contributed by atoms with van der Waals surface area (Å²) in [7, 11) is 0. The Balaban J connectivity index is 1.70. The normalized spacial score (nSPS) is 48.7. The van der Waals surface area contributed by atoms with Gasteiger partial charge < -0.3 is 68.0 Å². The molecule has 2 fully saturated rings. The molecule has 12 atom stereocenters. The van der Waals surface area contributed by atoms with E-state index in [0.717, 1.165) is 0 Å². The average Bonchev–Trinajstić information content (AvgIpc) is 2.75. The second-order valence-electron chi connectivity index (χ2n) is 8.30. The van der Waals surface area contributed by atoms with E-state index < -0.39 is 80.0 Å². The van der Waals surface area contributed by atoms with Crippen molar-refractivity contribution >= 4 is 0 Å². The fourth-order valence-electron chi connectivity index (χ4n) is 4.10. The van der Waals surface area contributed by atoms with Gasteiger partial charge in [0.2, 0.25) is 6.29 Å². The largest absolute Gasteiger partial charge is 0.467 e. The highest BCUT2D eigenvalue weighted by atomic mass is 16.7. The smallest absolute Gasteiger partial charge is 0.215 e. The van der Waals surface area contributed by atoms with Gasteiger partial charge in [-0.1, -0.05) is 0 Å². The quantitative estimate of drug-likeness (QED) is 0.184. The molecule has 2 aliphatic heterocycles. The first-order valence-corrected chi connectivity index (χ1v) is 10.4. The molecule has 0 aromatic carbocycles. The molecule has 0 aromatic heterocycles. The Labute approximate surface area is 180 Å². The fourth-order valence-corrected chi connectivity index (χ4v) is 4.10. The molecule has 180 valence electrons. The van der Waals surface area contributed by atoms with Crippen LogP contribution in [-0.2, 0) is 18.9 Å². The molecule has 2 heterocycles. The second-order valence-corrected chi connectivity index (χ2v) is 8.30. The zero-order chi connectivity index (χ0) is 22.9. The molecule has 0 amide bonds. The molecule has 0 aromatic rings. The molecule has 0 bridgehead atoms. The zero-order valence-electron chi connectivity index (χ0n) is 17.1. The van der Waals surface area contributed by atoms with E-state index in [9.17, 15) is 20.4 Å². The minimum atomic E-state index is -1.42. The first-order chi connectivity index (χ1) is 14.7. The first-order valence-electron chi connectivity index (χ1n) is 10.4. The lowest BCUT2D eigenvalue weighted by Gasteiger charge is -2.47. The van der Waals surface area contributed by atoms with Gasteiger partial charge in [-0.2, -0.15) is 0 Å². The number of aliphatic hydroxyl groups is 4. The molecule has 1 saturated heterocycles. The van der Waals surface area contributed by atoms with E-state index in [1.54, 1.807) is 6.08 Å². The molecule has 3 rings (SSSR count). The summed E-state index contributed by atoms with van der Waals surface area (Å²) in [5.74, 6) is 0.524. The summed E-state index contributed by atoms with van der Waals surface area (Å²) >= 11 is 0. The van der Waals surface area contributed by atoms with Crippen molar-refractivity contribution in [3.05, 3.63) is 11.8 Å². The maximum Gasteiger partial charge on any atom is 0.215 e. The van der Waals surface area contributed by atoms with Crippen LogP contribution in [0.2, 0.25) is 0 Å². The van der Waals surface area contributed by atoms with Crippen molar-refractivity contribution in [2.75, 3.05) is 13.2 Å². The molecule has 13 heteroatoms. The fraction of sp³-hybridized carbons (Fsp3) is 0.889. The molecular formula is C18H35N5O8. The predicted octanol–water partition coefficient (Wildman–Crippen LogP) is -5.14. The topological polar surface area (TPSA) is 248 Å². The Bertz CT molecular complexity index is 628. The maximum absolute atomic E-state index is 11.0. The predicted molar refractivity (Wildman–Crippen MR) is 107 cm³/mol. The Hall–Kier alpha value is -0.940. The monoisotopic (exact) mass is 449 g/mol. The minimum absolute atomic E-state index is 0.178. The lowest BCUT2D eigenvalue weighted by Crippen LogP contribution is -2.67. The van der Waals surface area contributed by atoms with E-state index in [0.29, 0.717) is 12.2 Å². The Morgan fingerprint density at radius 3 is 2.10 bits per heavy atom. The van der Waals surface area contributed by atoms with Crippen LogP contribution < -0.4 is 28.7 Å². The third kappa shape index (κ3) is 5.19. The van der Waals surface area contributed by atoms with Crippen molar-refractivity contribution in [1.82, 2.24) is 0 Å². The first kappa shape index (κ1) is 24.7. The summed E-state index contributed by atoms with van der Waals surface area (Å²) in [6.07, 6.45) is -6.78. The molecule has 0 radical (unpaired) electrons. The van der Waals surface area contributed by atoms with Crippen LogP contribution in [0.1, 0.15) is 12.8 Å². The van der Waals surface area contributed by atoms with E-state index in [1.807, 2.05) is 0 Å². The summed E-state index contributed by atoms with van der Waals surface area (Å²) in [4.78, 5) is 0. The van der Waals surface area contributed by atoms with E-state index in [4.69, 9.17) is 47.6 Å². The van der Waals surface area contributed by atoms with Gasteiger partial charge in [-0.25, -0.2) is 0 Å². The number of nitrogens with two attached hydrogens (primary N) is 5. The number of aliphatic hydroxyl groups excluding tert-OH is 4. The van der Waals surface area contributed by atoms with Crippen molar-refractivity contribution in [2.45, 2.75) is 86.2 Å². The van der Waals surface area contributed by atoms with E-state index in [-0.39, 0.29) is 13.0 Å². The van der Waals surface area contributed by atoms with Crippen molar-refractivity contribution in [3.8, 4) is 0 Å². The van der Waals surface area contributed by atoms with Gasteiger partial charge >= 0.3 is 0 Å². The number of hydrogen-bond donors (Lipinski definition) is 9. The molecule has 0 unspecified atom stereocenters. The summed E-state index contributed by atoms with van der Waals surface area (Å²) in [6.45, 7) is -0.358. The molecule has 1 saturated carbocycles. The molecule has 0 spiro atoms. The van der Waals surface area contributed by atoms with Gasteiger partial charge in [0.25, 0.3) is 0 Å². The summed E-state index contributed by atoms with van der Waals surface area (Å²) in [5.41, 5.74) is 29.8. The molecular weight excluding hydrogens is 414 g/mol. The SMILES string of the molecule is NCC1=CC[C@@H](N)[C@@H](O[C@H]2[C@H](O)[C@@H](O[C@@H]3O[C@@H](CO)[C@H](O)[C@@H](N)[C@@H]3O)[C@H](N)C[C@@H]2N)O1. The van der Waals surface area contributed by atoms with Crippen LogP contribution in [0.25, 0.3) is 0 Å². The van der Waals surface area contributed by atoms with Crippen LogP contribution in [0.3, 0.4) is 0 Å². The number of ether oxygens (including phenoxy) is 4. The summed E-state index contributed by atoms with van der Waals surface area (Å²) < 4.78 is 22.8. The van der Waals surface area contributed by atoms with Gasteiger partial charge in [-0.15, -0.1) is 0 Å². The molecule has 14 N–H and O–H groups in total. The lowest BCUT2D eigenvalue weighted by molar-refractivity contribution is -0.310. The van der Waals surface area contributed by atoms with Crippen LogP contribution in [0.4, 0.5) is 0 Å². The highest BCUT2D eigenvalue weighted by Gasteiger charge is 2.49.